The van der Waals surface area contributed by atoms with Crippen LogP contribution in [0.2, 0.25) is 0 Å². The molecule has 0 radical (unpaired) electrons. The number of aryl methyl sites for hydroxylation is 1. The molecule has 0 spiro atoms. The fourth-order valence-electron chi connectivity index (χ4n) is 1.61. The third-order valence-electron chi connectivity index (χ3n) is 2.55. The van der Waals surface area contributed by atoms with Crippen molar-refractivity contribution in [3.8, 4) is 11.6 Å². The van der Waals surface area contributed by atoms with Gasteiger partial charge in [0.15, 0.2) is 0 Å². The van der Waals surface area contributed by atoms with Gasteiger partial charge < -0.3 is 10.1 Å². The molecule has 0 amide bonds. The summed E-state index contributed by atoms with van der Waals surface area (Å²) in [7, 11) is 1.77. The Bertz CT molecular complexity index is 619. The molecule has 0 aliphatic rings. The zero-order chi connectivity index (χ0) is 14.0. The first kappa shape index (κ1) is 13.7. The van der Waals surface area contributed by atoms with Crippen molar-refractivity contribution < 1.29 is 9.13 Å². The number of ether oxygens (including phenoxy) is 1. The summed E-state index contributed by atoms with van der Waals surface area (Å²) in [5.41, 5.74) is 0.768. The molecule has 0 bridgehead atoms. The first-order chi connectivity index (χ1) is 9.01. The second kappa shape index (κ2) is 5.52. The van der Waals surface area contributed by atoms with E-state index in [0.717, 1.165) is 5.56 Å². The summed E-state index contributed by atoms with van der Waals surface area (Å²) in [5.74, 6) is 1.69. The highest BCUT2D eigenvalue weighted by Crippen LogP contribution is 2.32. The van der Waals surface area contributed by atoms with Crippen LogP contribution >= 0.6 is 15.9 Å². The average molecular weight is 326 g/mol. The number of nitrogens with zero attached hydrogens (tertiary/aromatic N) is 2. The molecular weight excluding hydrogens is 313 g/mol. The van der Waals surface area contributed by atoms with Gasteiger partial charge in [0.2, 0.25) is 5.88 Å². The van der Waals surface area contributed by atoms with Gasteiger partial charge in [0, 0.05) is 13.1 Å². The summed E-state index contributed by atoms with van der Waals surface area (Å²) in [4.78, 5) is 8.48. The van der Waals surface area contributed by atoms with E-state index in [1.165, 1.54) is 12.1 Å². The Kier molecular flexibility index (Phi) is 3.99. The van der Waals surface area contributed by atoms with Crippen LogP contribution in [0, 0.1) is 19.7 Å². The highest BCUT2D eigenvalue weighted by Gasteiger charge is 2.12. The lowest BCUT2D eigenvalue weighted by Crippen LogP contribution is -2.03. The van der Waals surface area contributed by atoms with Gasteiger partial charge in [-0.1, -0.05) is 0 Å². The van der Waals surface area contributed by atoms with Crippen molar-refractivity contribution in [3.05, 3.63) is 39.9 Å². The molecule has 0 aliphatic heterocycles. The SMILES string of the molecule is CNc1nc(C)nc(Oc2cc(F)ccc2Br)c1C. The first-order valence-electron chi connectivity index (χ1n) is 5.67. The van der Waals surface area contributed by atoms with Gasteiger partial charge in [0.05, 0.1) is 10.0 Å². The Morgan fingerprint density at radius 1 is 1.26 bits per heavy atom. The molecule has 0 unspecified atom stereocenters. The van der Waals surface area contributed by atoms with Crippen LogP contribution in [0.3, 0.4) is 0 Å². The Morgan fingerprint density at radius 3 is 2.68 bits per heavy atom. The van der Waals surface area contributed by atoms with E-state index in [1.54, 1.807) is 20.0 Å². The van der Waals surface area contributed by atoms with Crippen LogP contribution in [0.5, 0.6) is 11.6 Å². The Hall–Kier alpha value is -1.69. The Balaban J connectivity index is 2.43. The van der Waals surface area contributed by atoms with Gasteiger partial charge in [-0.2, -0.15) is 4.98 Å². The number of hydrogen-bond donors (Lipinski definition) is 1. The molecule has 0 saturated heterocycles. The van der Waals surface area contributed by atoms with Crippen LogP contribution in [0.15, 0.2) is 22.7 Å². The molecule has 100 valence electrons. The van der Waals surface area contributed by atoms with Crippen molar-refractivity contribution in [2.75, 3.05) is 12.4 Å². The van der Waals surface area contributed by atoms with Crippen molar-refractivity contribution in [2.45, 2.75) is 13.8 Å². The molecule has 1 aromatic heterocycles. The minimum Gasteiger partial charge on any atom is -0.437 e. The average Bonchev–Trinajstić information content (AvgIpc) is 2.37. The topological polar surface area (TPSA) is 47.0 Å². The summed E-state index contributed by atoms with van der Waals surface area (Å²) >= 11 is 3.32. The summed E-state index contributed by atoms with van der Waals surface area (Å²) in [6, 6.07) is 4.25. The van der Waals surface area contributed by atoms with Gasteiger partial charge in [0.25, 0.3) is 0 Å². The highest BCUT2D eigenvalue weighted by atomic mass is 79.9. The van der Waals surface area contributed by atoms with Gasteiger partial charge in [-0.3, -0.25) is 0 Å². The number of nitrogens with one attached hydrogen (secondary N) is 1. The van der Waals surface area contributed by atoms with E-state index in [4.69, 9.17) is 4.74 Å². The highest BCUT2D eigenvalue weighted by molar-refractivity contribution is 9.10. The lowest BCUT2D eigenvalue weighted by molar-refractivity contribution is 0.449. The predicted molar refractivity (Wildman–Crippen MR) is 75.2 cm³/mol. The fraction of sp³-hybridized carbons (Fsp3) is 0.231. The molecule has 0 atom stereocenters. The maximum atomic E-state index is 13.2. The van der Waals surface area contributed by atoms with Crippen LogP contribution in [-0.4, -0.2) is 17.0 Å². The minimum atomic E-state index is -0.365. The van der Waals surface area contributed by atoms with E-state index in [9.17, 15) is 4.39 Å². The lowest BCUT2D eigenvalue weighted by Gasteiger charge is -2.12. The monoisotopic (exact) mass is 325 g/mol. The van der Waals surface area contributed by atoms with E-state index in [0.29, 0.717) is 27.7 Å². The zero-order valence-corrected chi connectivity index (χ0v) is 12.4. The maximum Gasteiger partial charge on any atom is 0.227 e. The molecule has 0 saturated carbocycles. The van der Waals surface area contributed by atoms with Crippen molar-refractivity contribution in [1.82, 2.24) is 9.97 Å². The van der Waals surface area contributed by atoms with Gasteiger partial charge in [0.1, 0.15) is 23.2 Å². The molecule has 1 N–H and O–H groups in total. The van der Waals surface area contributed by atoms with Crippen molar-refractivity contribution in [3.63, 3.8) is 0 Å². The number of anilines is 1. The molecule has 1 aromatic carbocycles. The molecule has 0 aliphatic carbocycles. The number of aromatic nitrogens is 2. The third-order valence-corrected chi connectivity index (χ3v) is 3.20. The standard InChI is InChI=1S/C13H13BrFN3O/c1-7-12(16-3)17-8(2)18-13(7)19-11-6-9(15)4-5-10(11)14/h4-6H,1-3H3,(H,16,17,18). The summed E-state index contributed by atoms with van der Waals surface area (Å²) in [6.07, 6.45) is 0. The normalized spacial score (nSPS) is 10.4. The fourth-order valence-corrected chi connectivity index (χ4v) is 1.93. The van der Waals surface area contributed by atoms with Crippen LogP contribution in [-0.2, 0) is 0 Å². The van der Waals surface area contributed by atoms with E-state index < -0.39 is 0 Å². The number of rotatable bonds is 3. The summed E-state index contributed by atoms with van der Waals surface area (Å²) in [5, 5.41) is 2.97. The van der Waals surface area contributed by atoms with E-state index in [-0.39, 0.29) is 5.82 Å². The molecule has 0 fully saturated rings. The maximum absolute atomic E-state index is 13.2. The zero-order valence-electron chi connectivity index (χ0n) is 10.8. The summed E-state index contributed by atoms with van der Waals surface area (Å²) < 4.78 is 19.6. The molecule has 19 heavy (non-hydrogen) atoms. The van der Waals surface area contributed by atoms with E-state index in [2.05, 4.69) is 31.2 Å². The predicted octanol–water partition coefficient (Wildman–Crippen LogP) is 3.83. The van der Waals surface area contributed by atoms with Crippen LogP contribution in [0.1, 0.15) is 11.4 Å². The number of hydrogen-bond acceptors (Lipinski definition) is 4. The molecule has 1 heterocycles. The van der Waals surface area contributed by atoms with Crippen molar-refractivity contribution in [2.24, 2.45) is 0 Å². The van der Waals surface area contributed by atoms with Crippen molar-refractivity contribution >= 4 is 21.7 Å². The van der Waals surface area contributed by atoms with Gasteiger partial charge in [-0.05, 0) is 41.9 Å². The number of benzene rings is 1. The van der Waals surface area contributed by atoms with Crippen LogP contribution < -0.4 is 10.1 Å². The van der Waals surface area contributed by atoms with Crippen molar-refractivity contribution in [1.29, 1.82) is 0 Å². The molecule has 6 heteroatoms. The second-order valence-electron chi connectivity index (χ2n) is 3.98. The first-order valence-corrected chi connectivity index (χ1v) is 6.46. The van der Waals surface area contributed by atoms with Crippen LogP contribution in [0.25, 0.3) is 0 Å². The van der Waals surface area contributed by atoms with E-state index >= 15 is 0 Å². The van der Waals surface area contributed by atoms with Gasteiger partial charge >= 0.3 is 0 Å². The quantitative estimate of drug-likeness (QED) is 0.931. The smallest absolute Gasteiger partial charge is 0.227 e. The molecule has 4 nitrogen and oxygen atoms in total. The Morgan fingerprint density at radius 2 is 2.00 bits per heavy atom. The van der Waals surface area contributed by atoms with Gasteiger partial charge in [-0.15, -0.1) is 0 Å². The second-order valence-corrected chi connectivity index (χ2v) is 4.83. The Labute approximate surface area is 119 Å². The van der Waals surface area contributed by atoms with Crippen LogP contribution in [0.4, 0.5) is 10.2 Å². The largest absolute Gasteiger partial charge is 0.437 e. The molecular formula is C13H13BrFN3O. The van der Waals surface area contributed by atoms with Gasteiger partial charge in [-0.25, -0.2) is 9.37 Å². The lowest BCUT2D eigenvalue weighted by atomic mass is 10.3. The minimum absolute atomic E-state index is 0.365. The third kappa shape index (κ3) is 3.01. The molecule has 2 aromatic rings. The number of halogens is 2. The summed E-state index contributed by atoms with van der Waals surface area (Å²) in [6.45, 7) is 3.61. The molecule has 2 rings (SSSR count). The van der Waals surface area contributed by atoms with E-state index in [1.807, 2.05) is 6.92 Å².